The highest BCUT2D eigenvalue weighted by molar-refractivity contribution is 7.99. The summed E-state index contributed by atoms with van der Waals surface area (Å²) >= 11 is 1.66. The molecule has 0 radical (unpaired) electrons. The minimum absolute atomic E-state index is 0.250. The monoisotopic (exact) mass is 476 g/mol. The maximum atomic E-state index is 13.1. The van der Waals surface area contributed by atoms with Gasteiger partial charge in [-0.05, 0) is 55.8 Å². The first kappa shape index (κ1) is 22.1. The summed E-state index contributed by atoms with van der Waals surface area (Å²) in [5, 5.41) is 6.66. The fourth-order valence-corrected chi connectivity index (χ4v) is 5.11. The summed E-state index contributed by atoms with van der Waals surface area (Å²) < 4.78 is 11.1. The molecule has 2 aromatic carbocycles. The molecular formula is C25H24N4O4S. The fraction of sp³-hybridized carbons (Fsp3) is 0.240. The molecule has 0 fully saturated rings. The largest absolute Gasteiger partial charge is 0.486 e. The van der Waals surface area contributed by atoms with Crippen LogP contribution < -0.4 is 25.0 Å². The molecule has 0 saturated heterocycles. The maximum absolute atomic E-state index is 13.1. The Bertz CT molecular complexity index is 1280. The number of benzene rings is 2. The van der Waals surface area contributed by atoms with E-state index in [2.05, 4.69) is 15.6 Å². The molecule has 0 bridgehead atoms. The number of hydrogen-bond donors (Lipinski definition) is 2. The van der Waals surface area contributed by atoms with Crippen molar-refractivity contribution in [3.8, 4) is 11.5 Å². The number of nitrogens with zero attached hydrogens (tertiary/aromatic N) is 2. The molecule has 0 saturated carbocycles. The Kier molecular flexibility index (Phi) is 6.02. The van der Waals surface area contributed by atoms with E-state index in [-0.39, 0.29) is 11.9 Å². The lowest BCUT2D eigenvalue weighted by Gasteiger charge is -2.30. The molecular weight excluding hydrogens is 452 g/mol. The third-order valence-electron chi connectivity index (χ3n) is 5.52. The zero-order valence-electron chi connectivity index (χ0n) is 18.9. The van der Waals surface area contributed by atoms with Gasteiger partial charge in [-0.3, -0.25) is 9.69 Å². The number of ether oxygens (including phenoxy) is 2. The van der Waals surface area contributed by atoms with Gasteiger partial charge >= 0.3 is 6.03 Å². The molecule has 0 atom stereocenters. The van der Waals surface area contributed by atoms with Gasteiger partial charge in [0.1, 0.15) is 18.2 Å². The van der Waals surface area contributed by atoms with Gasteiger partial charge in [-0.15, -0.1) is 11.8 Å². The average Bonchev–Trinajstić information content (AvgIpc) is 2.83. The van der Waals surface area contributed by atoms with E-state index in [1.54, 1.807) is 59.1 Å². The highest BCUT2D eigenvalue weighted by atomic mass is 32.2. The highest BCUT2D eigenvalue weighted by Crippen LogP contribution is 2.36. The van der Waals surface area contributed by atoms with Crippen LogP contribution in [0.3, 0.4) is 0 Å². The van der Waals surface area contributed by atoms with Gasteiger partial charge < -0.3 is 20.1 Å². The number of aromatic nitrogens is 1. The Balaban J connectivity index is 1.30. The summed E-state index contributed by atoms with van der Waals surface area (Å²) in [6, 6.07) is 13.9. The summed E-state index contributed by atoms with van der Waals surface area (Å²) in [5.74, 6) is 1.74. The number of fused-ring (bicyclic) bond motifs is 2. The van der Waals surface area contributed by atoms with Gasteiger partial charge in [0, 0.05) is 41.0 Å². The standard InChI is InChI=1S/C25H24N4O4S/c1-15-12-16(2)26-24-22(15)29(8-11-34-24)25(31)28-18-5-3-4-17(13-18)23(30)27-19-6-7-20-21(14-19)33-10-9-32-20/h3-7,12-14H,8-11H2,1-2H3,(H,27,30)(H,28,31). The van der Waals surface area contributed by atoms with Crippen molar-refractivity contribution in [2.24, 2.45) is 0 Å². The van der Waals surface area contributed by atoms with Crippen LogP contribution in [-0.2, 0) is 0 Å². The van der Waals surface area contributed by atoms with E-state index >= 15 is 0 Å². The molecule has 0 aliphatic carbocycles. The molecule has 2 aliphatic heterocycles. The fourth-order valence-electron chi connectivity index (χ4n) is 4.03. The van der Waals surface area contributed by atoms with Crippen molar-refractivity contribution < 1.29 is 19.1 Å². The second-order valence-corrected chi connectivity index (χ2v) is 9.14. The Morgan fingerprint density at radius 3 is 2.62 bits per heavy atom. The summed E-state index contributed by atoms with van der Waals surface area (Å²) in [5.41, 5.74) is 4.35. The van der Waals surface area contributed by atoms with Gasteiger partial charge in [0.05, 0.1) is 5.69 Å². The lowest BCUT2D eigenvalue weighted by molar-refractivity contribution is 0.102. The molecule has 34 heavy (non-hydrogen) atoms. The predicted octanol–water partition coefficient (Wildman–Crippen LogP) is 4.87. The molecule has 0 unspecified atom stereocenters. The molecule has 2 N–H and O–H groups in total. The number of carbonyl (C=O) groups excluding carboxylic acids is 2. The molecule has 0 spiro atoms. The third-order valence-corrected chi connectivity index (χ3v) is 6.47. The summed E-state index contributed by atoms with van der Waals surface area (Å²) in [6.07, 6.45) is 0. The summed E-state index contributed by atoms with van der Waals surface area (Å²) in [6.45, 7) is 5.51. The zero-order valence-corrected chi connectivity index (χ0v) is 19.7. The number of aryl methyl sites for hydroxylation is 2. The van der Waals surface area contributed by atoms with Crippen LogP contribution in [0.2, 0.25) is 0 Å². The van der Waals surface area contributed by atoms with Crippen molar-refractivity contribution in [2.45, 2.75) is 18.9 Å². The molecule has 8 nitrogen and oxygen atoms in total. The molecule has 9 heteroatoms. The second-order valence-electron chi connectivity index (χ2n) is 8.06. The Hall–Kier alpha value is -3.72. The number of thioether (sulfide) groups is 1. The first-order chi connectivity index (χ1) is 16.5. The Labute approximate surface area is 201 Å². The summed E-state index contributed by atoms with van der Waals surface area (Å²) in [7, 11) is 0. The molecule has 5 rings (SSSR count). The van der Waals surface area contributed by atoms with Crippen molar-refractivity contribution >= 4 is 40.8 Å². The molecule has 174 valence electrons. The Morgan fingerprint density at radius 1 is 0.971 bits per heavy atom. The maximum Gasteiger partial charge on any atom is 0.326 e. The minimum Gasteiger partial charge on any atom is -0.486 e. The molecule has 3 heterocycles. The van der Waals surface area contributed by atoms with E-state index < -0.39 is 0 Å². The number of rotatable bonds is 3. The second kappa shape index (κ2) is 9.26. The van der Waals surface area contributed by atoms with E-state index in [1.165, 1.54) is 0 Å². The van der Waals surface area contributed by atoms with E-state index in [0.717, 1.165) is 27.7 Å². The van der Waals surface area contributed by atoms with Crippen molar-refractivity contribution in [1.82, 2.24) is 4.98 Å². The van der Waals surface area contributed by atoms with Crippen molar-refractivity contribution in [1.29, 1.82) is 0 Å². The summed E-state index contributed by atoms with van der Waals surface area (Å²) in [4.78, 5) is 32.3. The van der Waals surface area contributed by atoms with Gasteiger partial charge in [-0.2, -0.15) is 0 Å². The molecule has 1 aromatic heterocycles. The van der Waals surface area contributed by atoms with Crippen LogP contribution in [0, 0.1) is 13.8 Å². The first-order valence-corrected chi connectivity index (χ1v) is 12.0. The van der Waals surface area contributed by atoms with Gasteiger partial charge in [0.15, 0.2) is 11.5 Å². The van der Waals surface area contributed by atoms with Gasteiger partial charge in [0.25, 0.3) is 5.91 Å². The van der Waals surface area contributed by atoms with E-state index in [0.29, 0.717) is 48.2 Å². The number of anilines is 3. The SMILES string of the molecule is Cc1cc(C)c2c(n1)SCCN2C(=O)Nc1cccc(C(=O)Nc2ccc3c(c2)OCCO3)c1. The van der Waals surface area contributed by atoms with Crippen LogP contribution in [0.25, 0.3) is 0 Å². The van der Waals surface area contributed by atoms with E-state index in [9.17, 15) is 9.59 Å². The number of amides is 3. The van der Waals surface area contributed by atoms with Crippen LogP contribution in [-0.4, -0.2) is 42.4 Å². The number of nitrogens with one attached hydrogen (secondary N) is 2. The van der Waals surface area contributed by atoms with Gasteiger partial charge in [0.2, 0.25) is 0 Å². The van der Waals surface area contributed by atoms with Crippen LogP contribution in [0.5, 0.6) is 11.5 Å². The zero-order chi connectivity index (χ0) is 23.7. The average molecular weight is 477 g/mol. The van der Waals surface area contributed by atoms with Gasteiger partial charge in [-0.25, -0.2) is 9.78 Å². The van der Waals surface area contributed by atoms with Crippen LogP contribution in [0.15, 0.2) is 53.6 Å². The van der Waals surface area contributed by atoms with Gasteiger partial charge in [-0.1, -0.05) is 6.07 Å². The lowest BCUT2D eigenvalue weighted by Crippen LogP contribution is -2.39. The van der Waals surface area contributed by atoms with Crippen molar-refractivity contribution in [3.05, 3.63) is 65.4 Å². The van der Waals surface area contributed by atoms with Crippen LogP contribution in [0.4, 0.5) is 21.9 Å². The number of urea groups is 1. The Morgan fingerprint density at radius 2 is 1.76 bits per heavy atom. The number of carbonyl (C=O) groups is 2. The van der Waals surface area contributed by atoms with Crippen molar-refractivity contribution in [2.75, 3.05) is 41.0 Å². The lowest BCUT2D eigenvalue weighted by atomic mass is 10.1. The normalized spacial score (nSPS) is 14.2. The first-order valence-electron chi connectivity index (χ1n) is 11.0. The quantitative estimate of drug-likeness (QED) is 0.561. The van der Waals surface area contributed by atoms with Crippen molar-refractivity contribution in [3.63, 3.8) is 0 Å². The highest BCUT2D eigenvalue weighted by Gasteiger charge is 2.26. The smallest absolute Gasteiger partial charge is 0.326 e. The topological polar surface area (TPSA) is 92.8 Å². The number of hydrogen-bond acceptors (Lipinski definition) is 6. The molecule has 3 aromatic rings. The number of pyridine rings is 1. The minimum atomic E-state index is -0.289. The van der Waals surface area contributed by atoms with Crippen LogP contribution in [0.1, 0.15) is 21.6 Å². The molecule has 2 aliphatic rings. The molecule has 3 amide bonds. The van der Waals surface area contributed by atoms with E-state index in [4.69, 9.17) is 9.47 Å². The van der Waals surface area contributed by atoms with E-state index in [1.807, 2.05) is 19.9 Å². The van der Waals surface area contributed by atoms with Crippen LogP contribution >= 0.6 is 11.8 Å². The predicted molar refractivity (Wildman–Crippen MR) is 133 cm³/mol. The third kappa shape index (κ3) is 4.51.